The SMILES string of the molecule is COCCN1C[C@H]2C3C=CC(O3)[C@H]2C1=O. The Balaban J connectivity index is 1.73. The third kappa shape index (κ3) is 1.25. The van der Waals surface area contributed by atoms with Crippen molar-refractivity contribution in [3.63, 3.8) is 0 Å². The van der Waals surface area contributed by atoms with Gasteiger partial charge < -0.3 is 14.4 Å². The Labute approximate surface area is 88.8 Å². The number of carbonyl (C=O) groups is 1. The maximum absolute atomic E-state index is 12.0. The van der Waals surface area contributed by atoms with Gasteiger partial charge in [-0.25, -0.2) is 0 Å². The van der Waals surface area contributed by atoms with Gasteiger partial charge in [0.2, 0.25) is 5.91 Å². The number of likely N-dealkylation sites (tertiary alicyclic amines) is 1. The van der Waals surface area contributed by atoms with Gasteiger partial charge in [-0.1, -0.05) is 12.2 Å². The van der Waals surface area contributed by atoms with Crippen LogP contribution < -0.4 is 0 Å². The van der Waals surface area contributed by atoms with Crippen LogP contribution in [0.3, 0.4) is 0 Å². The Kier molecular flexibility index (Phi) is 2.07. The zero-order valence-corrected chi connectivity index (χ0v) is 8.76. The summed E-state index contributed by atoms with van der Waals surface area (Å²) < 4.78 is 10.7. The minimum absolute atomic E-state index is 0.0417. The van der Waals surface area contributed by atoms with Crippen molar-refractivity contribution in [1.82, 2.24) is 4.90 Å². The zero-order valence-electron chi connectivity index (χ0n) is 8.76. The summed E-state index contributed by atoms with van der Waals surface area (Å²) in [5, 5.41) is 0. The summed E-state index contributed by atoms with van der Waals surface area (Å²) in [6.07, 6.45) is 4.35. The molecule has 4 nitrogen and oxygen atoms in total. The molecular weight excluding hydrogens is 194 g/mol. The van der Waals surface area contributed by atoms with Gasteiger partial charge in [-0.3, -0.25) is 4.79 Å². The van der Waals surface area contributed by atoms with E-state index in [0.717, 1.165) is 6.54 Å². The molecule has 1 amide bonds. The monoisotopic (exact) mass is 209 g/mol. The van der Waals surface area contributed by atoms with E-state index in [1.54, 1.807) is 7.11 Å². The molecule has 3 rings (SSSR count). The maximum atomic E-state index is 12.0. The molecule has 2 fully saturated rings. The van der Waals surface area contributed by atoms with Crippen molar-refractivity contribution >= 4 is 5.91 Å². The first-order chi connectivity index (χ1) is 7.31. The van der Waals surface area contributed by atoms with Crippen LogP contribution >= 0.6 is 0 Å². The molecule has 2 unspecified atom stereocenters. The predicted molar refractivity (Wildman–Crippen MR) is 53.2 cm³/mol. The Morgan fingerprint density at radius 2 is 2.33 bits per heavy atom. The van der Waals surface area contributed by atoms with Crippen molar-refractivity contribution in [2.24, 2.45) is 11.8 Å². The van der Waals surface area contributed by atoms with Crippen molar-refractivity contribution < 1.29 is 14.3 Å². The summed E-state index contributed by atoms with van der Waals surface area (Å²) in [5.74, 6) is 0.704. The van der Waals surface area contributed by atoms with Gasteiger partial charge >= 0.3 is 0 Å². The van der Waals surface area contributed by atoms with Gasteiger partial charge in [0.05, 0.1) is 24.7 Å². The highest BCUT2D eigenvalue weighted by Gasteiger charge is 2.55. The standard InChI is InChI=1S/C11H15NO3/c1-14-5-4-12-6-7-8-2-3-9(15-8)10(7)11(12)13/h2-3,7-10H,4-6H2,1H3/t7-,8?,9?,10-/m0/s1. The van der Waals surface area contributed by atoms with Crippen LogP contribution in [0.15, 0.2) is 12.2 Å². The van der Waals surface area contributed by atoms with Gasteiger partial charge in [0.1, 0.15) is 0 Å². The van der Waals surface area contributed by atoms with Crippen LogP contribution in [-0.2, 0) is 14.3 Å². The second-order valence-electron chi connectivity index (χ2n) is 4.42. The van der Waals surface area contributed by atoms with E-state index in [1.807, 2.05) is 11.0 Å². The molecule has 3 aliphatic rings. The molecule has 2 saturated heterocycles. The molecule has 0 aromatic heterocycles. The largest absolute Gasteiger partial charge is 0.383 e. The van der Waals surface area contributed by atoms with Gasteiger partial charge in [0.25, 0.3) is 0 Å². The van der Waals surface area contributed by atoms with Crippen LogP contribution in [0.1, 0.15) is 0 Å². The lowest BCUT2D eigenvalue weighted by Crippen LogP contribution is -2.33. The predicted octanol–water partition coefficient (Wildman–Crippen LogP) is 0.0446. The molecule has 15 heavy (non-hydrogen) atoms. The fraction of sp³-hybridized carbons (Fsp3) is 0.727. The number of nitrogens with zero attached hydrogens (tertiary/aromatic N) is 1. The highest BCUT2D eigenvalue weighted by molar-refractivity contribution is 5.83. The fourth-order valence-electron chi connectivity index (χ4n) is 2.89. The molecule has 4 atom stereocenters. The van der Waals surface area contributed by atoms with Crippen molar-refractivity contribution in [2.75, 3.05) is 26.8 Å². The Bertz CT molecular complexity index is 315. The molecule has 82 valence electrons. The van der Waals surface area contributed by atoms with E-state index in [0.29, 0.717) is 19.1 Å². The molecule has 0 saturated carbocycles. The molecule has 3 aliphatic heterocycles. The third-order valence-corrected chi connectivity index (χ3v) is 3.64. The summed E-state index contributed by atoms with van der Waals surface area (Å²) >= 11 is 0. The lowest BCUT2D eigenvalue weighted by Gasteiger charge is -2.18. The van der Waals surface area contributed by atoms with Crippen LogP contribution in [0.4, 0.5) is 0 Å². The first-order valence-electron chi connectivity index (χ1n) is 5.43. The van der Waals surface area contributed by atoms with Crippen molar-refractivity contribution in [3.05, 3.63) is 12.2 Å². The van der Waals surface area contributed by atoms with Crippen LogP contribution in [0.25, 0.3) is 0 Å². The highest BCUT2D eigenvalue weighted by Crippen LogP contribution is 2.44. The van der Waals surface area contributed by atoms with Crippen molar-refractivity contribution in [1.29, 1.82) is 0 Å². The average molecular weight is 209 g/mol. The molecule has 2 bridgehead atoms. The summed E-state index contributed by atoms with van der Waals surface area (Å²) in [4.78, 5) is 14.0. The molecule has 0 spiro atoms. The molecule has 3 heterocycles. The van der Waals surface area contributed by atoms with Crippen molar-refractivity contribution in [3.8, 4) is 0 Å². The van der Waals surface area contributed by atoms with E-state index < -0.39 is 0 Å². The Hall–Kier alpha value is -0.870. The minimum Gasteiger partial charge on any atom is -0.383 e. The van der Waals surface area contributed by atoms with E-state index in [4.69, 9.17) is 9.47 Å². The fourth-order valence-corrected chi connectivity index (χ4v) is 2.89. The number of methoxy groups -OCH3 is 1. The van der Waals surface area contributed by atoms with Gasteiger partial charge in [-0.05, 0) is 0 Å². The van der Waals surface area contributed by atoms with Gasteiger partial charge in [-0.15, -0.1) is 0 Å². The van der Waals surface area contributed by atoms with Gasteiger partial charge in [-0.2, -0.15) is 0 Å². The third-order valence-electron chi connectivity index (χ3n) is 3.64. The molecule has 4 heteroatoms. The number of carbonyl (C=O) groups excluding carboxylic acids is 1. The maximum Gasteiger partial charge on any atom is 0.229 e. The summed E-state index contributed by atoms with van der Waals surface area (Å²) in [5.41, 5.74) is 0. The number of ether oxygens (including phenoxy) is 2. The van der Waals surface area contributed by atoms with E-state index in [1.165, 1.54) is 0 Å². The molecule has 0 aliphatic carbocycles. The Morgan fingerprint density at radius 1 is 1.53 bits per heavy atom. The quantitative estimate of drug-likeness (QED) is 0.616. The van der Waals surface area contributed by atoms with Gasteiger partial charge in [0, 0.05) is 26.1 Å². The topological polar surface area (TPSA) is 38.8 Å². The lowest BCUT2D eigenvalue weighted by atomic mass is 9.86. The minimum atomic E-state index is 0.0417. The van der Waals surface area contributed by atoms with Crippen molar-refractivity contribution in [2.45, 2.75) is 12.2 Å². The summed E-state index contributed by atoms with van der Waals surface area (Å²) in [7, 11) is 1.66. The van der Waals surface area contributed by atoms with E-state index in [9.17, 15) is 4.79 Å². The van der Waals surface area contributed by atoms with Crippen LogP contribution in [-0.4, -0.2) is 49.8 Å². The lowest BCUT2D eigenvalue weighted by molar-refractivity contribution is -0.133. The molecule has 0 radical (unpaired) electrons. The first-order valence-corrected chi connectivity index (χ1v) is 5.43. The number of fused-ring (bicyclic) bond motifs is 5. The summed E-state index contributed by atoms with van der Waals surface area (Å²) in [6, 6.07) is 0. The highest BCUT2D eigenvalue weighted by atomic mass is 16.5. The molecular formula is C11H15NO3. The van der Waals surface area contributed by atoms with E-state index in [-0.39, 0.29) is 24.0 Å². The van der Waals surface area contributed by atoms with Crippen LogP contribution in [0.2, 0.25) is 0 Å². The number of hydrogen-bond acceptors (Lipinski definition) is 3. The van der Waals surface area contributed by atoms with Crippen LogP contribution in [0.5, 0.6) is 0 Å². The second kappa shape index (κ2) is 3.32. The second-order valence-corrected chi connectivity index (χ2v) is 4.42. The number of hydrogen-bond donors (Lipinski definition) is 0. The molecule has 0 aromatic carbocycles. The van der Waals surface area contributed by atoms with E-state index >= 15 is 0 Å². The smallest absolute Gasteiger partial charge is 0.229 e. The first kappa shape index (κ1) is 9.36. The summed E-state index contributed by atoms with van der Waals surface area (Å²) in [6.45, 7) is 2.16. The Morgan fingerprint density at radius 3 is 3.07 bits per heavy atom. The normalized spacial score (nSPS) is 41.7. The van der Waals surface area contributed by atoms with Crippen LogP contribution in [0, 0.1) is 11.8 Å². The number of amides is 1. The molecule has 0 aromatic rings. The average Bonchev–Trinajstić information content (AvgIpc) is 2.88. The zero-order chi connectivity index (χ0) is 10.4. The molecule has 0 N–H and O–H groups in total. The van der Waals surface area contributed by atoms with E-state index in [2.05, 4.69) is 6.08 Å². The van der Waals surface area contributed by atoms with Gasteiger partial charge in [0.15, 0.2) is 0 Å². The number of rotatable bonds is 3.